The smallest absolute Gasteiger partial charge is 0.133 e. The van der Waals surface area contributed by atoms with Crippen LogP contribution in [0.3, 0.4) is 0 Å². The topological polar surface area (TPSA) is 53.1 Å². The SMILES string of the molecule is Cc1cc(N)n(C2c3ccccc3Oc3ccccc32)n1. The Bertz CT molecular complexity index is 777. The number of nitrogens with two attached hydrogens (primary N) is 1. The number of anilines is 1. The van der Waals surface area contributed by atoms with Gasteiger partial charge in [0.05, 0.1) is 5.69 Å². The molecule has 0 saturated heterocycles. The third kappa shape index (κ3) is 1.80. The fraction of sp³-hybridized carbons (Fsp3) is 0.118. The molecule has 1 aliphatic rings. The highest BCUT2D eigenvalue weighted by Gasteiger charge is 2.29. The van der Waals surface area contributed by atoms with Crippen LogP contribution in [0, 0.1) is 6.92 Å². The Morgan fingerprint density at radius 1 is 1.00 bits per heavy atom. The highest BCUT2D eigenvalue weighted by molar-refractivity contribution is 5.54. The van der Waals surface area contributed by atoms with Crippen LogP contribution in [0.4, 0.5) is 5.82 Å². The minimum atomic E-state index is -0.0557. The molecule has 0 aliphatic carbocycles. The molecular formula is C17H15N3O. The van der Waals surface area contributed by atoms with Crippen molar-refractivity contribution in [1.82, 2.24) is 9.78 Å². The molecule has 1 aromatic heterocycles. The summed E-state index contributed by atoms with van der Waals surface area (Å²) in [6.07, 6.45) is 0. The maximum atomic E-state index is 6.15. The van der Waals surface area contributed by atoms with Crippen LogP contribution in [0.1, 0.15) is 22.9 Å². The van der Waals surface area contributed by atoms with Gasteiger partial charge in [-0.15, -0.1) is 0 Å². The summed E-state index contributed by atoms with van der Waals surface area (Å²) in [5.41, 5.74) is 9.21. The highest BCUT2D eigenvalue weighted by atomic mass is 16.5. The van der Waals surface area contributed by atoms with Gasteiger partial charge in [-0.1, -0.05) is 36.4 Å². The molecule has 0 radical (unpaired) electrons. The number of nitrogens with zero attached hydrogens (tertiary/aromatic N) is 2. The molecule has 0 amide bonds. The van der Waals surface area contributed by atoms with Crippen LogP contribution in [-0.2, 0) is 0 Å². The highest BCUT2D eigenvalue weighted by Crippen LogP contribution is 2.44. The Morgan fingerprint density at radius 2 is 1.57 bits per heavy atom. The second kappa shape index (κ2) is 4.38. The maximum Gasteiger partial charge on any atom is 0.133 e. The van der Waals surface area contributed by atoms with Crippen molar-refractivity contribution in [1.29, 1.82) is 0 Å². The second-order valence-corrected chi connectivity index (χ2v) is 5.24. The molecule has 0 saturated carbocycles. The summed E-state index contributed by atoms with van der Waals surface area (Å²) in [4.78, 5) is 0. The van der Waals surface area contributed by atoms with Gasteiger partial charge in [0, 0.05) is 17.2 Å². The molecule has 1 aliphatic heterocycles. The standard InChI is InChI=1S/C17H15N3O/c1-11-10-16(18)20(19-11)17-12-6-2-4-8-14(12)21-15-9-5-3-7-13(15)17/h2-10,17H,18H2,1H3. The van der Waals surface area contributed by atoms with Crippen molar-refractivity contribution < 1.29 is 4.74 Å². The van der Waals surface area contributed by atoms with Crippen molar-refractivity contribution >= 4 is 5.82 Å². The predicted molar refractivity (Wildman–Crippen MR) is 81.6 cm³/mol. The normalized spacial score (nSPS) is 13.4. The van der Waals surface area contributed by atoms with Gasteiger partial charge in [-0.05, 0) is 19.1 Å². The lowest BCUT2D eigenvalue weighted by atomic mass is 9.95. The minimum absolute atomic E-state index is 0.0557. The predicted octanol–water partition coefficient (Wildman–Crippen LogP) is 3.52. The van der Waals surface area contributed by atoms with Crippen LogP contribution in [-0.4, -0.2) is 9.78 Å². The molecule has 3 aromatic rings. The average molecular weight is 277 g/mol. The lowest BCUT2D eigenvalue weighted by molar-refractivity contribution is 0.426. The van der Waals surface area contributed by atoms with E-state index >= 15 is 0 Å². The third-order valence-corrected chi connectivity index (χ3v) is 3.78. The average Bonchev–Trinajstić information content (AvgIpc) is 2.83. The maximum absolute atomic E-state index is 6.15. The number of ether oxygens (including phenoxy) is 1. The Hall–Kier alpha value is -2.75. The molecule has 2 aromatic carbocycles. The zero-order chi connectivity index (χ0) is 14.4. The summed E-state index contributed by atoms with van der Waals surface area (Å²) in [5, 5.41) is 4.57. The zero-order valence-corrected chi connectivity index (χ0v) is 11.7. The number of rotatable bonds is 1. The monoisotopic (exact) mass is 277 g/mol. The summed E-state index contributed by atoms with van der Waals surface area (Å²) in [5.74, 6) is 2.37. The third-order valence-electron chi connectivity index (χ3n) is 3.78. The van der Waals surface area contributed by atoms with E-state index in [0.29, 0.717) is 5.82 Å². The van der Waals surface area contributed by atoms with Gasteiger partial charge in [0.2, 0.25) is 0 Å². The minimum Gasteiger partial charge on any atom is -0.457 e. The van der Waals surface area contributed by atoms with Crippen LogP contribution in [0.25, 0.3) is 0 Å². The fourth-order valence-corrected chi connectivity index (χ4v) is 2.89. The van der Waals surface area contributed by atoms with Gasteiger partial charge in [0.25, 0.3) is 0 Å². The molecule has 0 atom stereocenters. The lowest BCUT2D eigenvalue weighted by Gasteiger charge is -2.28. The largest absolute Gasteiger partial charge is 0.457 e. The van der Waals surface area contributed by atoms with E-state index in [9.17, 15) is 0 Å². The van der Waals surface area contributed by atoms with E-state index < -0.39 is 0 Å². The van der Waals surface area contributed by atoms with Crippen LogP contribution in [0.15, 0.2) is 54.6 Å². The first-order valence-corrected chi connectivity index (χ1v) is 6.91. The summed E-state index contributed by atoms with van der Waals surface area (Å²) in [6.45, 7) is 1.95. The van der Waals surface area contributed by atoms with E-state index in [1.54, 1.807) is 0 Å². The van der Waals surface area contributed by atoms with Gasteiger partial charge in [-0.2, -0.15) is 5.10 Å². The van der Waals surface area contributed by atoms with Crippen molar-refractivity contribution in [2.45, 2.75) is 13.0 Å². The Balaban J connectivity index is 1.99. The van der Waals surface area contributed by atoms with E-state index in [1.807, 2.05) is 54.1 Å². The van der Waals surface area contributed by atoms with Gasteiger partial charge in [0.15, 0.2) is 0 Å². The quantitative estimate of drug-likeness (QED) is 0.579. The second-order valence-electron chi connectivity index (χ2n) is 5.24. The van der Waals surface area contributed by atoms with Crippen molar-refractivity contribution in [3.05, 3.63) is 71.4 Å². The van der Waals surface area contributed by atoms with Gasteiger partial charge in [-0.25, -0.2) is 4.68 Å². The van der Waals surface area contributed by atoms with Crippen LogP contribution < -0.4 is 10.5 Å². The molecule has 4 rings (SSSR count). The van der Waals surface area contributed by atoms with E-state index in [4.69, 9.17) is 10.5 Å². The van der Waals surface area contributed by atoms with E-state index in [-0.39, 0.29) is 6.04 Å². The summed E-state index contributed by atoms with van der Waals surface area (Å²) in [6, 6.07) is 17.9. The van der Waals surface area contributed by atoms with E-state index in [0.717, 1.165) is 28.3 Å². The van der Waals surface area contributed by atoms with Gasteiger partial charge < -0.3 is 10.5 Å². The van der Waals surface area contributed by atoms with Crippen molar-refractivity contribution in [3.63, 3.8) is 0 Å². The first-order valence-electron chi connectivity index (χ1n) is 6.91. The molecule has 2 N–H and O–H groups in total. The molecular weight excluding hydrogens is 262 g/mol. The van der Waals surface area contributed by atoms with Crippen LogP contribution in [0.5, 0.6) is 11.5 Å². The number of hydrogen-bond acceptors (Lipinski definition) is 3. The Morgan fingerprint density at radius 3 is 2.10 bits per heavy atom. The van der Waals surface area contributed by atoms with E-state index in [2.05, 4.69) is 17.2 Å². The molecule has 4 nitrogen and oxygen atoms in total. The fourth-order valence-electron chi connectivity index (χ4n) is 2.89. The van der Waals surface area contributed by atoms with Crippen molar-refractivity contribution in [2.24, 2.45) is 0 Å². The number of benzene rings is 2. The van der Waals surface area contributed by atoms with Crippen LogP contribution in [0.2, 0.25) is 0 Å². The van der Waals surface area contributed by atoms with Gasteiger partial charge in [0.1, 0.15) is 23.4 Å². The molecule has 2 heterocycles. The number of fused-ring (bicyclic) bond motifs is 2. The molecule has 4 heteroatoms. The molecule has 104 valence electrons. The number of nitrogen functional groups attached to an aromatic ring is 1. The molecule has 0 unspecified atom stereocenters. The summed E-state index contributed by atoms with van der Waals surface area (Å²) >= 11 is 0. The molecule has 0 spiro atoms. The van der Waals surface area contributed by atoms with E-state index in [1.165, 1.54) is 0 Å². The lowest BCUT2D eigenvalue weighted by Crippen LogP contribution is -2.20. The van der Waals surface area contributed by atoms with Crippen LogP contribution >= 0.6 is 0 Å². The van der Waals surface area contributed by atoms with Crippen molar-refractivity contribution in [2.75, 3.05) is 5.73 Å². The first kappa shape index (κ1) is 12.0. The first-order chi connectivity index (χ1) is 10.2. The number of hydrogen-bond donors (Lipinski definition) is 1. The summed E-state index contributed by atoms with van der Waals surface area (Å²) in [7, 11) is 0. The number of para-hydroxylation sites is 2. The van der Waals surface area contributed by atoms with Gasteiger partial charge in [-0.3, -0.25) is 0 Å². The molecule has 21 heavy (non-hydrogen) atoms. The number of aryl methyl sites for hydroxylation is 1. The Labute approximate surface area is 122 Å². The number of aromatic nitrogens is 2. The van der Waals surface area contributed by atoms with Gasteiger partial charge >= 0.3 is 0 Å². The summed E-state index contributed by atoms with van der Waals surface area (Å²) < 4.78 is 7.86. The molecule has 0 fully saturated rings. The zero-order valence-electron chi connectivity index (χ0n) is 11.7. The molecule has 0 bridgehead atoms. The van der Waals surface area contributed by atoms with Crippen molar-refractivity contribution in [3.8, 4) is 11.5 Å². The Kier molecular flexibility index (Phi) is 2.51.